The van der Waals surface area contributed by atoms with E-state index in [1.54, 1.807) is 0 Å². The van der Waals surface area contributed by atoms with Crippen LogP contribution in [-0.2, 0) is 9.47 Å². The van der Waals surface area contributed by atoms with Crippen LogP contribution < -0.4 is 10.6 Å². The Hall–Kier alpha value is -1.78. The molecular weight excluding hydrogens is 290 g/mol. The number of ether oxygens (including phenoxy) is 2. The highest BCUT2D eigenvalue weighted by Crippen LogP contribution is 2.39. The molecule has 0 aliphatic carbocycles. The third-order valence-corrected chi connectivity index (χ3v) is 4.79. The van der Waals surface area contributed by atoms with Gasteiger partial charge in [-0.15, -0.1) is 11.3 Å². The van der Waals surface area contributed by atoms with Gasteiger partial charge in [-0.05, 0) is 19.8 Å². The maximum atomic E-state index is 11.7. The zero-order chi connectivity index (χ0) is 15.4. The van der Waals surface area contributed by atoms with Gasteiger partial charge in [0.15, 0.2) is 0 Å². The van der Waals surface area contributed by atoms with Gasteiger partial charge in [0, 0.05) is 19.7 Å². The number of esters is 1. The van der Waals surface area contributed by atoms with Crippen LogP contribution in [0.1, 0.15) is 35.0 Å². The molecule has 1 aromatic heterocycles. The number of carbonyl (C=O) groups excluding carboxylic acids is 1. The van der Waals surface area contributed by atoms with E-state index in [1.807, 2.05) is 6.92 Å². The molecule has 7 heteroatoms. The van der Waals surface area contributed by atoms with Gasteiger partial charge in [0.2, 0.25) is 0 Å². The number of nitriles is 1. The Balaban J connectivity index is 2.21. The fourth-order valence-corrected chi connectivity index (χ4v) is 3.61. The minimum atomic E-state index is -0.496. The predicted molar refractivity (Wildman–Crippen MR) is 81.6 cm³/mol. The molecule has 2 N–H and O–H groups in total. The van der Waals surface area contributed by atoms with Crippen LogP contribution in [-0.4, -0.2) is 38.9 Å². The third-order valence-electron chi connectivity index (χ3n) is 3.54. The number of carbonyl (C=O) groups is 1. The van der Waals surface area contributed by atoms with Gasteiger partial charge in [0.25, 0.3) is 0 Å². The van der Waals surface area contributed by atoms with Gasteiger partial charge < -0.3 is 20.1 Å². The van der Waals surface area contributed by atoms with Crippen molar-refractivity contribution < 1.29 is 14.3 Å². The molecular formula is C14H19N3O3S. The zero-order valence-corrected chi connectivity index (χ0v) is 13.0. The van der Waals surface area contributed by atoms with Gasteiger partial charge >= 0.3 is 5.97 Å². The summed E-state index contributed by atoms with van der Waals surface area (Å²) in [4.78, 5) is 14.1. The molecule has 0 spiro atoms. The lowest BCUT2D eigenvalue weighted by molar-refractivity contribution is 0.0460. The van der Waals surface area contributed by atoms with Crippen LogP contribution in [0.5, 0.6) is 0 Å². The number of hydrogen-bond acceptors (Lipinski definition) is 7. The van der Waals surface area contributed by atoms with Crippen molar-refractivity contribution in [1.29, 1.82) is 5.26 Å². The molecule has 0 amide bonds. The van der Waals surface area contributed by atoms with E-state index in [4.69, 9.17) is 15.2 Å². The lowest BCUT2D eigenvalue weighted by atomic mass is 10.1. The number of nitrogen functional groups attached to an aromatic ring is 1. The average Bonchev–Trinajstić information content (AvgIpc) is 2.84. The number of piperidine rings is 1. The second kappa shape index (κ2) is 6.78. The van der Waals surface area contributed by atoms with Crippen LogP contribution in [0, 0.1) is 11.3 Å². The average molecular weight is 309 g/mol. The van der Waals surface area contributed by atoms with Crippen molar-refractivity contribution in [2.24, 2.45) is 0 Å². The number of thiophene rings is 1. The highest BCUT2D eigenvalue weighted by molar-refractivity contribution is 7.18. The number of nitrogens with zero attached hydrogens (tertiary/aromatic N) is 2. The Morgan fingerprint density at radius 1 is 1.52 bits per heavy atom. The van der Waals surface area contributed by atoms with E-state index in [1.165, 1.54) is 18.4 Å². The van der Waals surface area contributed by atoms with E-state index < -0.39 is 5.97 Å². The molecule has 21 heavy (non-hydrogen) atoms. The quantitative estimate of drug-likeness (QED) is 0.856. The molecule has 1 aromatic rings. The molecule has 114 valence electrons. The summed E-state index contributed by atoms with van der Waals surface area (Å²) in [5.41, 5.74) is 6.50. The molecule has 2 heterocycles. The van der Waals surface area contributed by atoms with E-state index in [0.717, 1.165) is 30.9 Å². The normalized spacial score (nSPS) is 15.8. The van der Waals surface area contributed by atoms with Crippen molar-refractivity contribution in [2.75, 3.05) is 37.4 Å². The summed E-state index contributed by atoms with van der Waals surface area (Å²) in [5.74, 6) is -0.496. The van der Waals surface area contributed by atoms with Gasteiger partial charge in [-0.2, -0.15) is 5.26 Å². The van der Waals surface area contributed by atoms with Crippen molar-refractivity contribution in [2.45, 2.75) is 25.9 Å². The molecule has 0 bridgehead atoms. The van der Waals surface area contributed by atoms with E-state index in [2.05, 4.69) is 11.0 Å². The van der Waals surface area contributed by atoms with Crippen molar-refractivity contribution in [3.63, 3.8) is 0 Å². The first-order valence-corrected chi connectivity index (χ1v) is 7.71. The smallest absolute Gasteiger partial charge is 0.350 e. The van der Waals surface area contributed by atoms with Gasteiger partial charge in [-0.1, -0.05) is 0 Å². The number of nitrogens with two attached hydrogens (primary N) is 1. The molecule has 0 unspecified atom stereocenters. The monoisotopic (exact) mass is 309 g/mol. The molecule has 0 aromatic carbocycles. The van der Waals surface area contributed by atoms with Crippen LogP contribution in [0.3, 0.4) is 0 Å². The molecule has 1 aliphatic heterocycles. The van der Waals surface area contributed by atoms with E-state index in [9.17, 15) is 10.1 Å². The topological polar surface area (TPSA) is 88.6 Å². The van der Waals surface area contributed by atoms with Crippen molar-refractivity contribution in [3.05, 3.63) is 10.4 Å². The van der Waals surface area contributed by atoms with Gasteiger partial charge in [-0.25, -0.2) is 4.79 Å². The highest BCUT2D eigenvalue weighted by atomic mass is 32.1. The molecule has 6 nitrogen and oxygen atoms in total. The van der Waals surface area contributed by atoms with Crippen LogP contribution in [0.2, 0.25) is 0 Å². The van der Waals surface area contributed by atoms with Gasteiger partial charge in [0.1, 0.15) is 21.5 Å². The molecule has 2 rings (SSSR count). The Morgan fingerprint density at radius 2 is 2.19 bits per heavy atom. The van der Waals surface area contributed by atoms with Crippen LogP contribution >= 0.6 is 11.3 Å². The van der Waals surface area contributed by atoms with E-state index in [0.29, 0.717) is 17.0 Å². The first-order valence-electron chi connectivity index (χ1n) is 6.89. The highest BCUT2D eigenvalue weighted by Gasteiger charge is 2.27. The Morgan fingerprint density at radius 3 is 2.71 bits per heavy atom. The van der Waals surface area contributed by atoms with Crippen molar-refractivity contribution in [3.8, 4) is 6.07 Å². The van der Waals surface area contributed by atoms with Gasteiger partial charge in [0.05, 0.1) is 18.9 Å². The Labute approximate surface area is 128 Å². The summed E-state index contributed by atoms with van der Waals surface area (Å²) in [6.07, 6.45) is 2.09. The zero-order valence-electron chi connectivity index (χ0n) is 12.2. The number of rotatable bonds is 4. The third kappa shape index (κ3) is 3.12. The number of hydrogen-bond donors (Lipinski definition) is 1. The van der Waals surface area contributed by atoms with Crippen LogP contribution in [0.15, 0.2) is 0 Å². The minimum absolute atomic E-state index is 0.219. The van der Waals surface area contributed by atoms with Gasteiger partial charge in [-0.3, -0.25) is 0 Å². The largest absolute Gasteiger partial charge is 0.465 e. The van der Waals surface area contributed by atoms with E-state index >= 15 is 0 Å². The summed E-state index contributed by atoms with van der Waals surface area (Å²) in [5, 5.41) is 10.1. The summed E-state index contributed by atoms with van der Waals surface area (Å²) in [6, 6.07) is 2.10. The molecule has 1 fully saturated rings. The summed E-state index contributed by atoms with van der Waals surface area (Å²) >= 11 is 1.23. The Kier molecular flexibility index (Phi) is 5.04. The Bertz CT molecular complexity index is 557. The summed E-state index contributed by atoms with van der Waals surface area (Å²) in [7, 11) is 1.31. The lowest BCUT2D eigenvalue weighted by Gasteiger charge is -2.32. The molecule has 0 atom stereocenters. The first kappa shape index (κ1) is 15.6. The summed E-state index contributed by atoms with van der Waals surface area (Å²) < 4.78 is 10.3. The van der Waals surface area contributed by atoms with E-state index in [-0.39, 0.29) is 11.8 Å². The minimum Gasteiger partial charge on any atom is -0.465 e. The second-order valence-electron chi connectivity index (χ2n) is 4.77. The van der Waals surface area contributed by atoms with Crippen LogP contribution in [0.25, 0.3) is 0 Å². The first-order chi connectivity index (χ1) is 10.1. The van der Waals surface area contributed by atoms with Crippen molar-refractivity contribution >= 4 is 28.0 Å². The SMILES string of the molecule is CCOC1CCN(c2sc(C(=O)OC)c(N)c2C#N)CC1. The molecule has 0 radical (unpaired) electrons. The second-order valence-corrected chi connectivity index (χ2v) is 5.77. The number of anilines is 2. The molecule has 0 saturated carbocycles. The maximum Gasteiger partial charge on any atom is 0.350 e. The summed E-state index contributed by atoms with van der Waals surface area (Å²) in [6.45, 7) is 4.29. The predicted octanol–water partition coefficient (Wildman–Crippen LogP) is 1.99. The molecule has 1 saturated heterocycles. The standard InChI is InChI=1S/C14H19N3O3S/c1-3-20-9-4-6-17(7-5-9)13-10(8-15)11(16)12(21-13)14(18)19-2/h9H,3-7,16H2,1-2H3. The fraction of sp³-hybridized carbons (Fsp3) is 0.571. The van der Waals surface area contributed by atoms with Crippen LogP contribution in [0.4, 0.5) is 10.7 Å². The maximum absolute atomic E-state index is 11.7. The van der Waals surface area contributed by atoms with Crippen molar-refractivity contribution in [1.82, 2.24) is 0 Å². The number of methoxy groups -OCH3 is 1. The molecule has 1 aliphatic rings. The fourth-order valence-electron chi connectivity index (χ4n) is 2.47. The lowest BCUT2D eigenvalue weighted by Crippen LogP contribution is -2.37.